The second kappa shape index (κ2) is 10.7. The van der Waals surface area contributed by atoms with Crippen LogP contribution in [0.3, 0.4) is 0 Å². The summed E-state index contributed by atoms with van der Waals surface area (Å²) in [6.07, 6.45) is 0.238. The van der Waals surface area contributed by atoms with Crippen LogP contribution in [0.25, 0.3) is 0 Å². The van der Waals surface area contributed by atoms with Crippen molar-refractivity contribution >= 4 is 17.5 Å². The number of benzene rings is 2. The monoisotopic (exact) mass is 487 g/mol. The van der Waals surface area contributed by atoms with Crippen LogP contribution in [-0.4, -0.2) is 60.4 Å². The van der Waals surface area contributed by atoms with Crippen LogP contribution >= 0.6 is 0 Å². The average molecular weight is 488 g/mol. The van der Waals surface area contributed by atoms with Gasteiger partial charge in [0, 0.05) is 44.0 Å². The van der Waals surface area contributed by atoms with Gasteiger partial charge in [0.15, 0.2) is 0 Å². The summed E-state index contributed by atoms with van der Waals surface area (Å²) in [6.45, 7) is 4.43. The molecule has 0 radical (unpaired) electrons. The zero-order chi connectivity index (χ0) is 25.0. The largest absolute Gasteiger partial charge is 0.416 e. The number of amides is 2. The average Bonchev–Trinajstić information content (AvgIpc) is 3.36. The Labute approximate surface area is 204 Å². The summed E-state index contributed by atoms with van der Waals surface area (Å²) in [7, 11) is 0. The van der Waals surface area contributed by atoms with Gasteiger partial charge >= 0.3 is 6.18 Å². The molecule has 2 aliphatic heterocycles. The number of rotatable bonds is 6. The summed E-state index contributed by atoms with van der Waals surface area (Å²) >= 11 is 0. The van der Waals surface area contributed by atoms with Crippen molar-refractivity contribution in [1.82, 2.24) is 9.80 Å². The van der Waals surface area contributed by atoms with Gasteiger partial charge in [-0.1, -0.05) is 31.5 Å². The van der Waals surface area contributed by atoms with E-state index in [2.05, 4.69) is 6.92 Å². The third-order valence-electron chi connectivity index (χ3n) is 6.95. The normalized spacial score (nSPS) is 18.7. The van der Waals surface area contributed by atoms with Crippen molar-refractivity contribution in [3.05, 3.63) is 65.2 Å². The molecule has 1 unspecified atom stereocenters. The molecule has 0 aromatic heterocycles. The second-order valence-corrected chi connectivity index (χ2v) is 9.32. The Hall–Kier alpha value is -3.03. The third-order valence-corrected chi connectivity index (χ3v) is 6.95. The molecule has 4 rings (SSSR count). The van der Waals surface area contributed by atoms with Gasteiger partial charge in [-0.25, -0.2) is 0 Å². The van der Waals surface area contributed by atoms with Crippen molar-refractivity contribution in [2.24, 2.45) is 0 Å². The van der Waals surface area contributed by atoms with Crippen molar-refractivity contribution < 1.29 is 22.8 Å². The van der Waals surface area contributed by atoms with Crippen molar-refractivity contribution in [2.75, 3.05) is 37.6 Å². The molecule has 2 aliphatic rings. The smallest absolute Gasteiger partial charge is 0.368 e. The Morgan fingerprint density at radius 1 is 0.971 bits per heavy atom. The molecule has 0 aliphatic carbocycles. The van der Waals surface area contributed by atoms with E-state index in [-0.39, 0.29) is 11.8 Å². The van der Waals surface area contributed by atoms with E-state index in [0.29, 0.717) is 50.4 Å². The van der Waals surface area contributed by atoms with Gasteiger partial charge in [-0.3, -0.25) is 9.59 Å². The molecule has 5 nitrogen and oxygen atoms in total. The molecule has 2 fully saturated rings. The quantitative estimate of drug-likeness (QED) is 0.576. The van der Waals surface area contributed by atoms with Gasteiger partial charge in [0.25, 0.3) is 5.91 Å². The third kappa shape index (κ3) is 5.80. The Morgan fingerprint density at radius 2 is 1.69 bits per heavy atom. The minimum absolute atomic E-state index is 0.0703. The first kappa shape index (κ1) is 25.1. The number of likely N-dealkylation sites (tertiary alicyclic amines) is 1. The zero-order valence-electron chi connectivity index (χ0n) is 20.1. The van der Waals surface area contributed by atoms with Gasteiger partial charge in [0.2, 0.25) is 5.91 Å². The predicted octanol–water partition coefficient (Wildman–Crippen LogP) is 5.00. The molecule has 2 saturated heterocycles. The number of halogens is 3. The SMILES string of the molecule is CCCCc1ccc(C(=O)N2CCCC2C(=O)N2CCN(c3cccc(C(F)(F)F)c3)CC2)cc1. The van der Waals surface area contributed by atoms with Crippen LogP contribution in [0.15, 0.2) is 48.5 Å². The molecule has 35 heavy (non-hydrogen) atoms. The lowest BCUT2D eigenvalue weighted by atomic mass is 10.1. The van der Waals surface area contributed by atoms with Gasteiger partial charge in [0.1, 0.15) is 6.04 Å². The Bertz CT molecular complexity index is 1030. The fraction of sp³-hybridized carbons (Fsp3) is 0.481. The number of carbonyl (C=O) groups is 2. The summed E-state index contributed by atoms with van der Waals surface area (Å²) in [6, 6.07) is 12.5. The molecule has 188 valence electrons. The van der Waals surface area contributed by atoms with Crippen LogP contribution in [-0.2, 0) is 17.4 Å². The number of alkyl halides is 3. The van der Waals surface area contributed by atoms with Crippen LogP contribution in [0.5, 0.6) is 0 Å². The molecule has 2 aromatic carbocycles. The molecule has 0 spiro atoms. The lowest BCUT2D eigenvalue weighted by Crippen LogP contribution is -2.54. The van der Waals surface area contributed by atoms with Crippen molar-refractivity contribution in [3.63, 3.8) is 0 Å². The summed E-state index contributed by atoms with van der Waals surface area (Å²) in [5.41, 5.74) is 1.63. The summed E-state index contributed by atoms with van der Waals surface area (Å²) in [5.74, 6) is -0.190. The summed E-state index contributed by atoms with van der Waals surface area (Å²) in [4.78, 5) is 31.8. The number of unbranched alkanes of at least 4 members (excludes halogenated alkanes) is 1. The topological polar surface area (TPSA) is 43.9 Å². The first-order chi connectivity index (χ1) is 16.8. The first-order valence-corrected chi connectivity index (χ1v) is 12.4. The molecule has 1 atom stereocenters. The van der Waals surface area contributed by atoms with E-state index in [0.717, 1.165) is 37.8 Å². The predicted molar refractivity (Wildman–Crippen MR) is 129 cm³/mol. The lowest BCUT2D eigenvalue weighted by molar-refractivity contribution is -0.137. The Kier molecular flexibility index (Phi) is 7.67. The van der Waals surface area contributed by atoms with Crippen LogP contribution in [0, 0.1) is 0 Å². The molecule has 2 amide bonds. The van der Waals surface area contributed by atoms with Crippen molar-refractivity contribution in [3.8, 4) is 0 Å². The zero-order valence-corrected chi connectivity index (χ0v) is 20.1. The van der Waals surface area contributed by atoms with Crippen LogP contribution in [0.1, 0.15) is 54.1 Å². The van der Waals surface area contributed by atoms with E-state index in [1.54, 1.807) is 15.9 Å². The number of aryl methyl sites for hydroxylation is 1. The maximum Gasteiger partial charge on any atom is 0.416 e. The lowest BCUT2D eigenvalue weighted by Gasteiger charge is -2.38. The van der Waals surface area contributed by atoms with Crippen LogP contribution in [0.4, 0.5) is 18.9 Å². The first-order valence-electron chi connectivity index (χ1n) is 12.4. The van der Waals surface area contributed by atoms with Gasteiger partial charge in [-0.15, -0.1) is 0 Å². The van der Waals surface area contributed by atoms with Crippen molar-refractivity contribution in [2.45, 2.75) is 51.2 Å². The number of anilines is 1. The highest BCUT2D eigenvalue weighted by molar-refractivity contribution is 5.98. The van der Waals surface area contributed by atoms with Gasteiger partial charge in [0.05, 0.1) is 5.56 Å². The highest BCUT2D eigenvalue weighted by Gasteiger charge is 2.38. The molecule has 2 aromatic rings. The number of hydrogen-bond donors (Lipinski definition) is 0. The van der Waals surface area contributed by atoms with Gasteiger partial charge < -0.3 is 14.7 Å². The number of piperazine rings is 1. The standard InChI is InChI=1S/C27H32F3N3O2/c1-2-3-6-20-10-12-21(13-11-20)25(34)33-14-5-9-24(33)26(35)32-17-15-31(16-18-32)23-8-4-7-22(19-23)27(28,29)30/h4,7-8,10-13,19,24H,2-3,5-6,9,14-18H2,1H3. The van der Waals surface area contributed by atoms with Crippen LogP contribution in [0.2, 0.25) is 0 Å². The number of nitrogens with zero attached hydrogens (tertiary/aromatic N) is 3. The second-order valence-electron chi connectivity index (χ2n) is 9.32. The molecule has 2 heterocycles. The van der Waals surface area contributed by atoms with E-state index in [1.165, 1.54) is 11.6 Å². The molecule has 0 saturated carbocycles. The van der Waals surface area contributed by atoms with Gasteiger partial charge in [-0.2, -0.15) is 13.2 Å². The minimum Gasteiger partial charge on any atom is -0.368 e. The maximum absolute atomic E-state index is 13.3. The van der Waals surface area contributed by atoms with E-state index in [1.807, 2.05) is 29.2 Å². The van der Waals surface area contributed by atoms with Gasteiger partial charge in [-0.05, 0) is 61.6 Å². The number of hydrogen-bond acceptors (Lipinski definition) is 3. The van der Waals surface area contributed by atoms with E-state index < -0.39 is 17.8 Å². The maximum atomic E-state index is 13.3. The summed E-state index contributed by atoms with van der Waals surface area (Å²) in [5, 5.41) is 0. The molecule has 8 heteroatoms. The highest BCUT2D eigenvalue weighted by Crippen LogP contribution is 2.32. The van der Waals surface area contributed by atoms with E-state index in [4.69, 9.17) is 0 Å². The fourth-order valence-corrected chi connectivity index (χ4v) is 4.90. The molecular weight excluding hydrogens is 455 g/mol. The molecular formula is C27H32F3N3O2. The number of carbonyl (C=O) groups excluding carboxylic acids is 2. The van der Waals surface area contributed by atoms with Crippen molar-refractivity contribution in [1.29, 1.82) is 0 Å². The minimum atomic E-state index is -4.39. The highest BCUT2D eigenvalue weighted by atomic mass is 19.4. The fourth-order valence-electron chi connectivity index (χ4n) is 4.90. The Balaban J connectivity index is 1.37. The van der Waals surface area contributed by atoms with E-state index in [9.17, 15) is 22.8 Å². The Morgan fingerprint density at radius 3 is 2.34 bits per heavy atom. The molecule has 0 bridgehead atoms. The van der Waals surface area contributed by atoms with Crippen LogP contribution < -0.4 is 4.90 Å². The van der Waals surface area contributed by atoms with E-state index >= 15 is 0 Å². The summed E-state index contributed by atoms with van der Waals surface area (Å²) < 4.78 is 39.2. The molecule has 0 N–H and O–H groups in total.